The molecule has 5 nitrogen and oxygen atoms in total. The number of non-ortho nitro benzene ring substituents is 1. The second-order valence-electron chi connectivity index (χ2n) is 4.98. The molecule has 0 bridgehead atoms. The van der Waals surface area contributed by atoms with E-state index in [0.29, 0.717) is 0 Å². The van der Waals surface area contributed by atoms with Gasteiger partial charge in [0.05, 0.1) is 4.92 Å². The van der Waals surface area contributed by atoms with Crippen LogP contribution in [0.25, 0.3) is 10.9 Å². The topological polar surface area (TPSA) is 71.0 Å². The van der Waals surface area contributed by atoms with Crippen molar-refractivity contribution in [3.8, 4) is 0 Å². The fourth-order valence-corrected chi connectivity index (χ4v) is 2.77. The van der Waals surface area contributed by atoms with Gasteiger partial charge >= 0.3 is 0 Å². The third-order valence-corrected chi connectivity index (χ3v) is 4.02. The van der Waals surface area contributed by atoms with Crippen LogP contribution in [-0.2, 0) is 6.42 Å². The minimum atomic E-state index is -0.395. The summed E-state index contributed by atoms with van der Waals surface area (Å²) < 4.78 is 1.05. The maximum absolute atomic E-state index is 10.6. The highest BCUT2D eigenvalue weighted by Crippen LogP contribution is 2.23. The number of nitrogens with zero attached hydrogens (tertiary/aromatic N) is 1. The Kier molecular flexibility index (Phi) is 4.11. The Hall–Kier alpha value is -2.34. The highest BCUT2D eigenvalue weighted by atomic mass is 79.9. The number of benzene rings is 2. The summed E-state index contributed by atoms with van der Waals surface area (Å²) in [6.45, 7) is 0.765. The summed E-state index contributed by atoms with van der Waals surface area (Å²) in [7, 11) is 0. The predicted molar refractivity (Wildman–Crippen MR) is 91.3 cm³/mol. The minimum absolute atomic E-state index is 0.104. The fourth-order valence-electron chi connectivity index (χ4n) is 2.41. The van der Waals surface area contributed by atoms with Crippen molar-refractivity contribution in [2.45, 2.75) is 6.42 Å². The Morgan fingerprint density at radius 1 is 1.18 bits per heavy atom. The third-order valence-electron chi connectivity index (χ3n) is 3.53. The molecule has 112 valence electrons. The van der Waals surface area contributed by atoms with Gasteiger partial charge in [-0.2, -0.15) is 0 Å². The molecule has 0 atom stereocenters. The fraction of sp³-hybridized carbons (Fsp3) is 0.125. The van der Waals surface area contributed by atoms with Gasteiger partial charge in [0.2, 0.25) is 0 Å². The molecule has 0 aliphatic carbocycles. The highest BCUT2D eigenvalue weighted by molar-refractivity contribution is 9.10. The molecular formula is C16H14BrN3O2. The Labute approximate surface area is 135 Å². The summed E-state index contributed by atoms with van der Waals surface area (Å²) in [6, 6.07) is 12.6. The van der Waals surface area contributed by atoms with E-state index in [2.05, 4.69) is 38.4 Å². The van der Waals surface area contributed by atoms with Crippen molar-refractivity contribution in [1.29, 1.82) is 0 Å². The number of anilines is 1. The number of nitro groups is 1. The van der Waals surface area contributed by atoms with Gasteiger partial charge in [-0.1, -0.05) is 22.0 Å². The zero-order chi connectivity index (χ0) is 15.5. The van der Waals surface area contributed by atoms with Gasteiger partial charge in [0.15, 0.2) is 0 Å². The average Bonchev–Trinajstić information content (AvgIpc) is 2.90. The van der Waals surface area contributed by atoms with Gasteiger partial charge in [-0.15, -0.1) is 0 Å². The lowest BCUT2D eigenvalue weighted by Crippen LogP contribution is -2.04. The average molecular weight is 360 g/mol. The maximum Gasteiger partial charge on any atom is 0.269 e. The van der Waals surface area contributed by atoms with E-state index in [4.69, 9.17) is 0 Å². The van der Waals surface area contributed by atoms with Gasteiger partial charge in [-0.3, -0.25) is 10.1 Å². The van der Waals surface area contributed by atoms with Crippen molar-refractivity contribution >= 4 is 38.2 Å². The largest absolute Gasteiger partial charge is 0.385 e. The molecule has 22 heavy (non-hydrogen) atoms. The molecule has 0 unspecified atom stereocenters. The van der Waals surface area contributed by atoms with Gasteiger partial charge in [-0.25, -0.2) is 0 Å². The second-order valence-corrected chi connectivity index (χ2v) is 5.90. The van der Waals surface area contributed by atoms with Gasteiger partial charge in [0.25, 0.3) is 5.69 Å². The number of nitro benzene ring substituents is 1. The van der Waals surface area contributed by atoms with Crippen molar-refractivity contribution in [1.82, 2.24) is 4.98 Å². The molecule has 0 saturated heterocycles. The summed E-state index contributed by atoms with van der Waals surface area (Å²) in [5, 5.41) is 15.1. The lowest BCUT2D eigenvalue weighted by atomic mass is 10.1. The molecule has 3 aromatic rings. The van der Waals surface area contributed by atoms with E-state index < -0.39 is 4.92 Å². The molecule has 2 aromatic carbocycles. The van der Waals surface area contributed by atoms with Gasteiger partial charge in [-0.05, 0) is 36.2 Å². The second kappa shape index (κ2) is 6.19. The first kappa shape index (κ1) is 14.6. The molecule has 0 aliphatic rings. The third kappa shape index (κ3) is 3.12. The minimum Gasteiger partial charge on any atom is -0.385 e. The van der Waals surface area contributed by atoms with Crippen LogP contribution in [0.2, 0.25) is 0 Å². The standard InChI is InChI=1S/C16H14BrN3O2/c17-12-1-6-15-11(10-19-16(15)9-12)7-8-18-13-2-4-14(5-3-13)20(21)22/h1-6,9-10,18-19H,7-8H2. The van der Waals surface area contributed by atoms with Crippen LogP contribution in [0.4, 0.5) is 11.4 Å². The molecule has 6 heteroatoms. The van der Waals surface area contributed by atoms with Crippen LogP contribution in [0, 0.1) is 10.1 Å². The van der Waals surface area contributed by atoms with Gasteiger partial charge < -0.3 is 10.3 Å². The van der Waals surface area contributed by atoms with Crippen LogP contribution >= 0.6 is 15.9 Å². The van der Waals surface area contributed by atoms with E-state index in [-0.39, 0.29) is 5.69 Å². The van der Waals surface area contributed by atoms with Crippen LogP contribution in [0.15, 0.2) is 53.1 Å². The molecule has 0 fully saturated rings. The summed E-state index contributed by atoms with van der Waals surface area (Å²) in [5.41, 5.74) is 3.34. The number of hydrogen-bond donors (Lipinski definition) is 2. The number of aromatic amines is 1. The normalized spacial score (nSPS) is 10.8. The number of nitrogens with one attached hydrogen (secondary N) is 2. The summed E-state index contributed by atoms with van der Waals surface area (Å²) >= 11 is 3.46. The van der Waals surface area contributed by atoms with Gasteiger partial charge in [0.1, 0.15) is 0 Å². The summed E-state index contributed by atoms with van der Waals surface area (Å²) in [5.74, 6) is 0. The van der Waals surface area contributed by atoms with E-state index in [0.717, 1.165) is 28.6 Å². The van der Waals surface area contributed by atoms with E-state index >= 15 is 0 Å². The van der Waals surface area contributed by atoms with Crippen molar-refractivity contribution in [2.24, 2.45) is 0 Å². The molecule has 1 heterocycles. The molecule has 0 spiro atoms. The molecule has 0 radical (unpaired) electrons. The smallest absolute Gasteiger partial charge is 0.269 e. The number of rotatable bonds is 5. The Morgan fingerprint density at radius 3 is 2.68 bits per heavy atom. The van der Waals surface area contributed by atoms with Crippen LogP contribution in [0.5, 0.6) is 0 Å². The molecular weight excluding hydrogens is 346 g/mol. The van der Waals surface area contributed by atoms with Gasteiger partial charge in [0, 0.05) is 45.9 Å². The van der Waals surface area contributed by atoms with E-state index in [1.165, 1.54) is 23.1 Å². The first-order valence-corrected chi connectivity index (χ1v) is 7.66. The van der Waals surface area contributed by atoms with Crippen molar-refractivity contribution in [3.63, 3.8) is 0 Å². The van der Waals surface area contributed by atoms with Crippen LogP contribution in [-0.4, -0.2) is 16.5 Å². The molecule has 3 rings (SSSR count). The van der Waals surface area contributed by atoms with Crippen LogP contribution in [0.1, 0.15) is 5.56 Å². The highest BCUT2D eigenvalue weighted by Gasteiger charge is 2.05. The first-order chi connectivity index (χ1) is 10.6. The SMILES string of the molecule is O=[N+]([O-])c1ccc(NCCc2c[nH]c3cc(Br)ccc23)cc1. The Morgan fingerprint density at radius 2 is 1.95 bits per heavy atom. The van der Waals surface area contributed by atoms with Crippen LogP contribution in [0.3, 0.4) is 0 Å². The van der Waals surface area contributed by atoms with E-state index in [1.54, 1.807) is 12.1 Å². The van der Waals surface area contributed by atoms with E-state index in [1.807, 2.05) is 12.3 Å². The number of hydrogen-bond acceptors (Lipinski definition) is 3. The number of H-pyrrole nitrogens is 1. The monoisotopic (exact) mass is 359 g/mol. The van der Waals surface area contributed by atoms with Crippen molar-refractivity contribution in [3.05, 3.63) is 68.8 Å². The zero-order valence-corrected chi connectivity index (χ0v) is 13.3. The maximum atomic E-state index is 10.6. The Bertz CT molecular complexity index is 812. The summed E-state index contributed by atoms with van der Waals surface area (Å²) in [4.78, 5) is 13.5. The summed E-state index contributed by atoms with van der Waals surface area (Å²) in [6.07, 6.45) is 2.90. The number of halogens is 1. The zero-order valence-electron chi connectivity index (χ0n) is 11.7. The molecule has 1 aromatic heterocycles. The van der Waals surface area contributed by atoms with Crippen LogP contribution < -0.4 is 5.32 Å². The first-order valence-electron chi connectivity index (χ1n) is 6.87. The quantitative estimate of drug-likeness (QED) is 0.520. The number of fused-ring (bicyclic) bond motifs is 1. The number of aromatic nitrogens is 1. The molecule has 0 amide bonds. The molecule has 0 saturated carbocycles. The van der Waals surface area contributed by atoms with E-state index in [9.17, 15) is 10.1 Å². The van der Waals surface area contributed by atoms with Crippen molar-refractivity contribution < 1.29 is 4.92 Å². The lowest BCUT2D eigenvalue weighted by Gasteiger charge is -2.05. The van der Waals surface area contributed by atoms with Crippen molar-refractivity contribution in [2.75, 3.05) is 11.9 Å². The Balaban J connectivity index is 1.63. The lowest BCUT2D eigenvalue weighted by molar-refractivity contribution is -0.384. The molecule has 0 aliphatic heterocycles. The molecule has 2 N–H and O–H groups in total. The predicted octanol–water partition coefficient (Wildman–Crippen LogP) is 4.49.